The minimum absolute atomic E-state index is 0.0334. The van der Waals surface area contributed by atoms with Crippen LogP contribution in [0.3, 0.4) is 0 Å². The van der Waals surface area contributed by atoms with Crippen molar-refractivity contribution in [3.05, 3.63) is 41.8 Å². The summed E-state index contributed by atoms with van der Waals surface area (Å²) in [6, 6.07) is 7.72. The van der Waals surface area contributed by atoms with Crippen molar-refractivity contribution in [2.24, 2.45) is 17.3 Å². The van der Waals surface area contributed by atoms with Crippen molar-refractivity contribution in [2.75, 3.05) is 11.4 Å². The molecule has 6 fully saturated rings. The molecule has 1 atom stereocenters. The van der Waals surface area contributed by atoms with E-state index in [1.807, 2.05) is 29.2 Å². The second-order valence-corrected chi connectivity index (χ2v) is 14.4. The molecule has 43 heavy (non-hydrogen) atoms. The molecule has 1 unspecified atom stereocenters. The predicted molar refractivity (Wildman–Crippen MR) is 154 cm³/mol. The van der Waals surface area contributed by atoms with Gasteiger partial charge in [0.2, 0.25) is 17.7 Å². The Morgan fingerprint density at radius 2 is 1.70 bits per heavy atom. The number of alkyl halides is 2. The lowest BCUT2D eigenvalue weighted by molar-refractivity contribution is -0.120. The predicted octanol–water partition coefficient (Wildman–Crippen LogP) is 7.40. The van der Waals surface area contributed by atoms with E-state index in [0.717, 1.165) is 86.6 Å². The van der Waals surface area contributed by atoms with Gasteiger partial charge in [-0.2, -0.15) is 9.97 Å². The summed E-state index contributed by atoms with van der Waals surface area (Å²) in [5, 5.41) is 8.47. The number of hydrogen-bond donors (Lipinski definition) is 0. The second-order valence-electron chi connectivity index (χ2n) is 14.4. The number of halogens is 2. The molecule has 6 aliphatic rings. The second kappa shape index (κ2) is 10.2. The third-order valence-electron chi connectivity index (χ3n) is 11.0. The molecule has 228 valence electrons. The summed E-state index contributed by atoms with van der Waals surface area (Å²) < 4.78 is 39.5. The van der Waals surface area contributed by atoms with Gasteiger partial charge in [-0.1, -0.05) is 16.4 Å². The Morgan fingerprint density at radius 3 is 2.40 bits per heavy atom. The van der Waals surface area contributed by atoms with Crippen LogP contribution in [0.15, 0.2) is 33.3 Å². The average molecular weight is 592 g/mol. The molecule has 0 spiro atoms. The fourth-order valence-electron chi connectivity index (χ4n) is 7.85. The lowest BCUT2D eigenvalue weighted by Gasteiger charge is -2.53. The van der Waals surface area contributed by atoms with Crippen LogP contribution in [0, 0.1) is 17.3 Å². The molecule has 0 N–H and O–H groups in total. The SMILES string of the molecule is O=C(CC1CCC(F)(F)C1)N(CC12CCC(c3nc(C4CC4)no3)(CC1)CC2)c1cccc(-c2nc(CC3CC3)no2)c1. The smallest absolute Gasteiger partial charge is 0.257 e. The number of benzene rings is 1. The standard InChI is InChI=1S/C33H39F2N5O3/c34-33(35)9-8-22(19-33)17-27(41)40(25-3-1-2-24(18-25)29-36-26(38-42-29)16-21-4-5-21)20-31-10-13-32(14-11-31,15-12-31)30-37-28(39-43-30)23-6-7-23/h1-3,18,21-23H,4-17,19-20H2. The number of fused-ring (bicyclic) bond motifs is 3. The molecular formula is C33H39F2N5O3. The Balaban J connectivity index is 1.03. The first kappa shape index (κ1) is 27.4. The molecule has 0 saturated heterocycles. The summed E-state index contributed by atoms with van der Waals surface area (Å²) in [4.78, 5) is 25.3. The van der Waals surface area contributed by atoms with Gasteiger partial charge >= 0.3 is 0 Å². The molecule has 8 nitrogen and oxygen atoms in total. The molecule has 0 radical (unpaired) electrons. The van der Waals surface area contributed by atoms with Crippen LogP contribution in [-0.4, -0.2) is 38.7 Å². The fraction of sp³-hybridized carbons (Fsp3) is 0.667. The quantitative estimate of drug-likeness (QED) is 0.242. The maximum absolute atomic E-state index is 14.0. The van der Waals surface area contributed by atoms with Crippen molar-refractivity contribution in [1.82, 2.24) is 20.3 Å². The fourth-order valence-corrected chi connectivity index (χ4v) is 7.85. The highest BCUT2D eigenvalue weighted by Gasteiger charge is 2.53. The molecular weight excluding hydrogens is 552 g/mol. The Morgan fingerprint density at radius 1 is 0.907 bits per heavy atom. The zero-order valence-electron chi connectivity index (χ0n) is 24.6. The van der Waals surface area contributed by atoms with Gasteiger partial charge in [-0.25, -0.2) is 8.78 Å². The number of hydrogen-bond acceptors (Lipinski definition) is 7. The molecule has 6 aliphatic carbocycles. The number of carbonyl (C=O) groups excluding carboxylic acids is 1. The van der Waals surface area contributed by atoms with E-state index in [0.29, 0.717) is 30.7 Å². The number of carbonyl (C=O) groups is 1. The van der Waals surface area contributed by atoms with E-state index in [1.54, 1.807) is 0 Å². The largest absolute Gasteiger partial charge is 0.339 e. The molecule has 0 aliphatic heterocycles. The Hall–Kier alpha value is -3.17. The van der Waals surface area contributed by atoms with Crippen molar-refractivity contribution in [1.29, 1.82) is 0 Å². The van der Waals surface area contributed by atoms with Gasteiger partial charge in [-0.15, -0.1) is 0 Å². The number of aromatic nitrogens is 4. The maximum atomic E-state index is 14.0. The third kappa shape index (κ3) is 5.50. The Kier molecular flexibility index (Phi) is 6.49. The highest BCUT2D eigenvalue weighted by atomic mass is 19.3. The van der Waals surface area contributed by atoms with E-state index >= 15 is 0 Å². The molecule has 9 rings (SSSR count). The van der Waals surface area contributed by atoms with Crippen LogP contribution in [0.5, 0.6) is 0 Å². The first-order valence-electron chi connectivity index (χ1n) is 16.2. The third-order valence-corrected chi connectivity index (χ3v) is 11.0. The number of anilines is 1. The molecule has 2 bridgehead atoms. The van der Waals surface area contributed by atoms with Gasteiger partial charge in [0.25, 0.3) is 5.89 Å². The zero-order valence-corrected chi connectivity index (χ0v) is 24.6. The van der Waals surface area contributed by atoms with Gasteiger partial charge < -0.3 is 13.9 Å². The van der Waals surface area contributed by atoms with Crippen molar-refractivity contribution in [3.63, 3.8) is 0 Å². The van der Waals surface area contributed by atoms with E-state index in [4.69, 9.17) is 14.0 Å². The normalized spacial score (nSPS) is 29.7. The van der Waals surface area contributed by atoms with Crippen molar-refractivity contribution < 1.29 is 22.6 Å². The zero-order chi connectivity index (χ0) is 29.2. The van der Waals surface area contributed by atoms with Crippen molar-refractivity contribution >= 4 is 11.6 Å². The highest BCUT2D eigenvalue weighted by Crippen LogP contribution is 2.58. The van der Waals surface area contributed by atoms with Crippen molar-refractivity contribution in [3.8, 4) is 11.5 Å². The minimum atomic E-state index is -2.67. The van der Waals surface area contributed by atoms with Gasteiger partial charge in [0.15, 0.2) is 11.6 Å². The first-order chi connectivity index (χ1) is 20.8. The molecule has 1 aromatic carbocycles. The van der Waals surface area contributed by atoms with Gasteiger partial charge in [-0.05, 0) is 106 Å². The summed E-state index contributed by atoms with van der Waals surface area (Å²) in [5.41, 5.74) is 1.43. The summed E-state index contributed by atoms with van der Waals surface area (Å²) in [6.45, 7) is 0.572. The van der Waals surface area contributed by atoms with Crippen LogP contribution < -0.4 is 4.90 Å². The molecule has 2 aromatic heterocycles. The lowest BCUT2D eigenvalue weighted by atomic mass is 9.53. The van der Waals surface area contributed by atoms with Crippen LogP contribution in [0.1, 0.15) is 113 Å². The monoisotopic (exact) mass is 591 g/mol. The van der Waals surface area contributed by atoms with Gasteiger partial charge in [0.1, 0.15) is 0 Å². The van der Waals surface area contributed by atoms with E-state index in [-0.39, 0.29) is 41.9 Å². The molecule has 3 aromatic rings. The van der Waals surface area contributed by atoms with E-state index < -0.39 is 5.92 Å². The summed E-state index contributed by atoms with van der Waals surface area (Å²) >= 11 is 0. The molecule has 6 saturated carbocycles. The summed E-state index contributed by atoms with van der Waals surface area (Å²) in [6.07, 6.45) is 11.5. The van der Waals surface area contributed by atoms with Crippen LogP contribution in [-0.2, 0) is 16.6 Å². The molecule has 2 heterocycles. The Bertz CT molecular complexity index is 1480. The van der Waals surface area contributed by atoms with E-state index in [1.165, 1.54) is 12.8 Å². The van der Waals surface area contributed by atoms with Crippen LogP contribution in [0.4, 0.5) is 14.5 Å². The topological polar surface area (TPSA) is 98.2 Å². The van der Waals surface area contributed by atoms with Crippen molar-refractivity contribution in [2.45, 2.75) is 114 Å². The lowest BCUT2D eigenvalue weighted by Crippen LogP contribution is -2.51. The minimum Gasteiger partial charge on any atom is -0.339 e. The molecule has 1 amide bonds. The van der Waals surface area contributed by atoms with Crippen LogP contribution in [0.2, 0.25) is 0 Å². The van der Waals surface area contributed by atoms with Crippen LogP contribution in [0.25, 0.3) is 11.5 Å². The maximum Gasteiger partial charge on any atom is 0.257 e. The Labute approximate surface area is 250 Å². The van der Waals surface area contributed by atoms with Gasteiger partial charge in [0.05, 0.1) is 0 Å². The average Bonchev–Trinajstić information content (AvgIpc) is 3.89. The van der Waals surface area contributed by atoms with Crippen LogP contribution >= 0.6 is 0 Å². The summed E-state index contributed by atoms with van der Waals surface area (Å²) in [7, 11) is 0. The molecule has 10 heteroatoms. The first-order valence-corrected chi connectivity index (χ1v) is 16.2. The number of nitrogens with zero attached hydrogens (tertiary/aromatic N) is 5. The number of rotatable bonds is 10. The highest BCUT2D eigenvalue weighted by molar-refractivity contribution is 5.94. The van der Waals surface area contributed by atoms with Gasteiger partial charge in [-0.3, -0.25) is 4.79 Å². The van der Waals surface area contributed by atoms with E-state index in [2.05, 4.69) is 15.3 Å². The summed E-state index contributed by atoms with van der Waals surface area (Å²) in [5.74, 6) is 0.892. The van der Waals surface area contributed by atoms with Gasteiger partial charge in [0, 0.05) is 54.8 Å². The van der Waals surface area contributed by atoms with E-state index in [9.17, 15) is 13.6 Å². The number of amides is 1.